The van der Waals surface area contributed by atoms with Crippen molar-refractivity contribution in [1.82, 2.24) is 19.9 Å². The van der Waals surface area contributed by atoms with Gasteiger partial charge in [-0.25, -0.2) is 0 Å². The number of hydrogen-bond donors (Lipinski definition) is 1. The maximum absolute atomic E-state index is 12.6. The number of nitrogens with zero attached hydrogens (tertiary/aromatic N) is 4. The number of likely N-dealkylation sites (tertiary alicyclic amines) is 1. The summed E-state index contributed by atoms with van der Waals surface area (Å²) >= 11 is 0. The highest BCUT2D eigenvalue weighted by Crippen LogP contribution is 2.22. The summed E-state index contributed by atoms with van der Waals surface area (Å²) in [4.78, 5) is 20.8. The maximum Gasteiger partial charge on any atom is 0.257 e. The number of para-hydroxylation sites is 1. The third-order valence-corrected chi connectivity index (χ3v) is 4.42. The Labute approximate surface area is 140 Å². The lowest BCUT2D eigenvalue weighted by atomic mass is 10.0. The van der Waals surface area contributed by atoms with E-state index in [9.17, 15) is 9.90 Å². The van der Waals surface area contributed by atoms with E-state index >= 15 is 0 Å². The third kappa shape index (κ3) is 3.56. The Bertz CT molecular complexity index is 715. The molecular formula is C17H22N4O3. The number of likely N-dealkylation sites (N-methyl/N-ethyl adjacent to an activating group) is 1. The highest BCUT2D eigenvalue weighted by Gasteiger charge is 2.28. The average molecular weight is 330 g/mol. The van der Waals surface area contributed by atoms with Crippen molar-refractivity contribution in [3.8, 4) is 5.75 Å². The first-order valence-electron chi connectivity index (χ1n) is 8.11. The molecule has 0 spiro atoms. The van der Waals surface area contributed by atoms with E-state index in [0.29, 0.717) is 23.8 Å². The molecule has 3 rings (SSSR count). The number of benzene rings is 1. The Morgan fingerprint density at radius 1 is 1.46 bits per heavy atom. The average Bonchev–Trinajstić information content (AvgIpc) is 2.99. The zero-order valence-corrected chi connectivity index (χ0v) is 14.0. The molecule has 1 atom stereocenters. The molecule has 1 aromatic carbocycles. The normalized spacial score (nSPS) is 18.5. The van der Waals surface area contributed by atoms with Gasteiger partial charge in [0.1, 0.15) is 5.75 Å². The lowest BCUT2D eigenvalue weighted by Crippen LogP contribution is -2.48. The molecule has 1 N–H and O–H groups in total. The monoisotopic (exact) mass is 330 g/mol. The summed E-state index contributed by atoms with van der Waals surface area (Å²) in [5.41, 5.74) is 0.339. The quantitative estimate of drug-likeness (QED) is 0.921. The second-order valence-electron chi connectivity index (χ2n) is 6.19. The summed E-state index contributed by atoms with van der Waals surface area (Å²) in [5.74, 6) is 1.09. The molecule has 0 saturated carbocycles. The van der Waals surface area contributed by atoms with Crippen molar-refractivity contribution < 1.29 is 14.4 Å². The van der Waals surface area contributed by atoms with Crippen LogP contribution in [-0.4, -0.2) is 57.1 Å². The molecule has 1 aliphatic rings. The standard InChI is InChI=1S/C17H22N4O3/c1-12-18-16(19-24-12)11-21-9-5-6-13(10-21)20(2)17(23)14-7-3-4-8-15(14)22/h3-4,7-8,13,22H,5-6,9-11H2,1-2H3. The third-order valence-electron chi connectivity index (χ3n) is 4.42. The predicted octanol–water partition coefficient (Wildman–Crippen LogP) is 1.82. The molecule has 1 unspecified atom stereocenters. The largest absolute Gasteiger partial charge is 0.507 e. The maximum atomic E-state index is 12.6. The Balaban J connectivity index is 1.65. The summed E-state index contributed by atoms with van der Waals surface area (Å²) in [6.45, 7) is 4.09. The number of phenols is 1. The van der Waals surface area contributed by atoms with E-state index in [1.807, 2.05) is 0 Å². The molecule has 2 aromatic rings. The summed E-state index contributed by atoms with van der Waals surface area (Å²) in [6, 6.07) is 6.75. The number of hydrogen-bond acceptors (Lipinski definition) is 6. The van der Waals surface area contributed by atoms with Crippen LogP contribution in [0.15, 0.2) is 28.8 Å². The van der Waals surface area contributed by atoms with Crippen molar-refractivity contribution in [1.29, 1.82) is 0 Å². The number of piperidine rings is 1. The van der Waals surface area contributed by atoms with Gasteiger partial charge in [0.05, 0.1) is 12.1 Å². The highest BCUT2D eigenvalue weighted by molar-refractivity contribution is 5.96. The number of rotatable bonds is 4. The van der Waals surface area contributed by atoms with Gasteiger partial charge in [-0.3, -0.25) is 9.69 Å². The molecule has 1 aliphatic heterocycles. The molecule has 128 valence electrons. The van der Waals surface area contributed by atoms with Gasteiger partial charge in [0.25, 0.3) is 5.91 Å². The Morgan fingerprint density at radius 2 is 2.25 bits per heavy atom. The SMILES string of the molecule is Cc1nc(CN2CCCC(N(C)C(=O)c3ccccc3O)C2)no1. The van der Waals surface area contributed by atoms with Gasteiger partial charge in [-0.15, -0.1) is 0 Å². The second kappa shape index (κ2) is 7.00. The zero-order valence-electron chi connectivity index (χ0n) is 14.0. The number of phenolic OH excluding ortho intramolecular Hbond substituents is 1. The number of aryl methyl sites for hydroxylation is 1. The summed E-state index contributed by atoms with van der Waals surface area (Å²) in [7, 11) is 1.79. The fourth-order valence-electron chi connectivity index (χ4n) is 3.11. The van der Waals surface area contributed by atoms with Gasteiger partial charge in [0.2, 0.25) is 5.89 Å². The Hall–Kier alpha value is -2.41. The first-order chi connectivity index (χ1) is 11.5. The molecule has 0 radical (unpaired) electrons. The van der Waals surface area contributed by atoms with Gasteiger partial charge in [-0.2, -0.15) is 4.98 Å². The molecule has 7 nitrogen and oxygen atoms in total. The predicted molar refractivity (Wildman–Crippen MR) is 87.5 cm³/mol. The van der Waals surface area contributed by atoms with Crippen LogP contribution in [0.25, 0.3) is 0 Å². The zero-order chi connectivity index (χ0) is 17.1. The van der Waals surface area contributed by atoms with Gasteiger partial charge < -0.3 is 14.5 Å². The number of amides is 1. The topological polar surface area (TPSA) is 82.7 Å². The van der Waals surface area contributed by atoms with E-state index in [1.165, 1.54) is 6.07 Å². The molecule has 1 amide bonds. The van der Waals surface area contributed by atoms with Crippen LogP contribution in [0, 0.1) is 6.92 Å². The van der Waals surface area contributed by atoms with E-state index in [4.69, 9.17) is 4.52 Å². The molecule has 1 fully saturated rings. The number of carbonyl (C=O) groups is 1. The number of carbonyl (C=O) groups excluding carboxylic acids is 1. The molecule has 0 aliphatic carbocycles. The van der Waals surface area contributed by atoms with Crippen LogP contribution in [0.1, 0.15) is 34.9 Å². The first-order valence-corrected chi connectivity index (χ1v) is 8.11. The molecule has 1 aromatic heterocycles. The van der Waals surface area contributed by atoms with Crippen LogP contribution in [0.3, 0.4) is 0 Å². The van der Waals surface area contributed by atoms with Gasteiger partial charge in [-0.05, 0) is 31.5 Å². The molecular weight excluding hydrogens is 308 g/mol. The van der Waals surface area contributed by atoms with Gasteiger partial charge in [-0.1, -0.05) is 17.3 Å². The van der Waals surface area contributed by atoms with Crippen LogP contribution < -0.4 is 0 Å². The van der Waals surface area contributed by atoms with Crippen LogP contribution in [-0.2, 0) is 6.54 Å². The van der Waals surface area contributed by atoms with E-state index in [-0.39, 0.29) is 17.7 Å². The molecule has 24 heavy (non-hydrogen) atoms. The van der Waals surface area contributed by atoms with Gasteiger partial charge in [0.15, 0.2) is 5.82 Å². The van der Waals surface area contributed by atoms with Gasteiger partial charge >= 0.3 is 0 Å². The Morgan fingerprint density at radius 3 is 2.96 bits per heavy atom. The summed E-state index contributed by atoms with van der Waals surface area (Å²) in [6.07, 6.45) is 1.94. The lowest BCUT2D eigenvalue weighted by molar-refractivity contribution is 0.0602. The lowest BCUT2D eigenvalue weighted by Gasteiger charge is -2.37. The molecule has 7 heteroatoms. The van der Waals surface area contributed by atoms with E-state index < -0.39 is 0 Å². The minimum Gasteiger partial charge on any atom is -0.507 e. The minimum absolute atomic E-state index is 0.0179. The molecule has 1 saturated heterocycles. The molecule has 2 heterocycles. The highest BCUT2D eigenvalue weighted by atomic mass is 16.5. The Kier molecular flexibility index (Phi) is 4.80. The van der Waals surface area contributed by atoms with Crippen molar-refractivity contribution in [3.63, 3.8) is 0 Å². The van der Waals surface area contributed by atoms with Crippen molar-refractivity contribution in [2.45, 2.75) is 32.4 Å². The molecule has 0 bridgehead atoms. The first kappa shape index (κ1) is 16.4. The fraction of sp³-hybridized carbons (Fsp3) is 0.471. The van der Waals surface area contributed by atoms with Gasteiger partial charge in [0, 0.05) is 26.6 Å². The summed E-state index contributed by atoms with van der Waals surface area (Å²) < 4.78 is 5.01. The van der Waals surface area contributed by atoms with Crippen LogP contribution in [0.5, 0.6) is 5.75 Å². The van der Waals surface area contributed by atoms with Crippen LogP contribution in [0.2, 0.25) is 0 Å². The van der Waals surface area contributed by atoms with Crippen molar-refractivity contribution in [3.05, 3.63) is 41.5 Å². The van der Waals surface area contributed by atoms with Crippen LogP contribution >= 0.6 is 0 Å². The smallest absolute Gasteiger partial charge is 0.257 e. The summed E-state index contributed by atoms with van der Waals surface area (Å²) in [5, 5.41) is 13.8. The van der Waals surface area contributed by atoms with E-state index in [2.05, 4.69) is 15.0 Å². The van der Waals surface area contributed by atoms with E-state index in [0.717, 1.165) is 25.9 Å². The fourth-order valence-corrected chi connectivity index (χ4v) is 3.11. The van der Waals surface area contributed by atoms with Crippen molar-refractivity contribution in [2.24, 2.45) is 0 Å². The number of aromatic nitrogens is 2. The van der Waals surface area contributed by atoms with E-state index in [1.54, 1.807) is 37.1 Å². The van der Waals surface area contributed by atoms with Crippen molar-refractivity contribution >= 4 is 5.91 Å². The second-order valence-corrected chi connectivity index (χ2v) is 6.19. The van der Waals surface area contributed by atoms with Crippen molar-refractivity contribution in [2.75, 3.05) is 20.1 Å². The minimum atomic E-state index is -0.157. The number of aromatic hydroxyl groups is 1. The van der Waals surface area contributed by atoms with Crippen LogP contribution in [0.4, 0.5) is 0 Å².